The molecular weight excluding hydrogens is 366 g/mol. The van der Waals surface area contributed by atoms with Crippen molar-refractivity contribution in [2.75, 3.05) is 6.61 Å². The smallest absolute Gasteiger partial charge is 0.255 e. The number of amides is 1. The molecule has 1 aliphatic heterocycles. The maximum atomic E-state index is 12.5. The lowest BCUT2D eigenvalue weighted by atomic mass is 9.93. The Morgan fingerprint density at radius 1 is 1.07 bits per heavy atom. The van der Waals surface area contributed by atoms with E-state index in [9.17, 15) is 9.59 Å². The molecule has 2 fully saturated rings. The molecule has 0 spiro atoms. The van der Waals surface area contributed by atoms with E-state index in [2.05, 4.69) is 21.4 Å². The molecule has 2 N–H and O–H groups in total. The number of nitrogens with zero attached hydrogens (tertiary/aromatic N) is 1. The summed E-state index contributed by atoms with van der Waals surface area (Å²) in [5.41, 5.74) is 1.17. The highest BCUT2D eigenvalue weighted by atomic mass is 16.5. The van der Waals surface area contributed by atoms with Crippen molar-refractivity contribution in [1.29, 1.82) is 0 Å². The summed E-state index contributed by atoms with van der Waals surface area (Å²) in [7, 11) is 0. The van der Waals surface area contributed by atoms with Gasteiger partial charge in [0.15, 0.2) is 0 Å². The molecule has 150 valence electrons. The molecule has 1 saturated heterocycles. The lowest BCUT2D eigenvalue weighted by molar-refractivity contribution is -0.119. The van der Waals surface area contributed by atoms with Crippen LogP contribution in [0.5, 0.6) is 5.88 Å². The number of fused-ring (bicyclic) bond motifs is 2. The predicted octanol–water partition coefficient (Wildman–Crippen LogP) is 3.78. The van der Waals surface area contributed by atoms with Crippen LogP contribution >= 0.6 is 0 Å². The van der Waals surface area contributed by atoms with E-state index in [1.165, 1.54) is 31.2 Å². The number of carbonyl (C=O) groups is 1. The zero-order valence-corrected chi connectivity index (χ0v) is 16.4. The second-order valence-corrected chi connectivity index (χ2v) is 8.23. The molecule has 0 unspecified atom stereocenters. The highest BCUT2D eigenvalue weighted by molar-refractivity contribution is 6.01. The van der Waals surface area contributed by atoms with Crippen molar-refractivity contribution in [3.05, 3.63) is 46.5 Å². The molecule has 1 atom stereocenters. The van der Waals surface area contributed by atoms with Gasteiger partial charge in [0.05, 0.1) is 6.61 Å². The van der Waals surface area contributed by atoms with Crippen LogP contribution in [0, 0.1) is 0 Å². The van der Waals surface area contributed by atoms with Crippen LogP contribution in [-0.4, -0.2) is 28.5 Å². The minimum Gasteiger partial charge on any atom is -0.477 e. The second-order valence-electron chi connectivity index (χ2n) is 8.23. The highest BCUT2D eigenvalue weighted by Gasteiger charge is 2.22. The van der Waals surface area contributed by atoms with Crippen molar-refractivity contribution in [2.45, 2.75) is 56.9 Å². The zero-order valence-electron chi connectivity index (χ0n) is 16.4. The fourth-order valence-corrected chi connectivity index (χ4v) is 4.80. The van der Waals surface area contributed by atoms with Gasteiger partial charge in [-0.05, 0) is 59.7 Å². The number of benzene rings is 1. The van der Waals surface area contributed by atoms with Gasteiger partial charge in [-0.3, -0.25) is 9.59 Å². The van der Waals surface area contributed by atoms with Crippen molar-refractivity contribution >= 4 is 27.5 Å². The molecule has 1 saturated carbocycles. The van der Waals surface area contributed by atoms with Gasteiger partial charge in [0.1, 0.15) is 0 Å². The summed E-state index contributed by atoms with van der Waals surface area (Å²) in [6, 6.07) is 6.13. The van der Waals surface area contributed by atoms with Gasteiger partial charge in [-0.1, -0.05) is 12.8 Å². The molecule has 2 aliphatic rings. The third kappa shape index (κ3) is 3.48. The fourth-order valence-electron chi connectivity index (χ4n) is 4.80. The van der Waals surface area contributed by atoms with Crippen molar-refractivity contribution in [1.82, 2.24) is 15.3 Å². The van der Waals surface area contributed by atoms with Gasteiger partial charge >= 0.3 is 0 Å². The summed E-state index contributed by atoms with van der Waals surface area (Å²) >= 11 is 0. The van der Waals surface area contributed by atoms with Crippen molar-refractivity contribution < 1.29 is 9.53 Å². The van der Waals surface area contributed by atoms with Crippen molar-refractivity contribution in [3.63, 3.8) is 0 Å². The zero-order chi connectivity index (χ0) is 19.8. The van der Waals surface area contributed by atoms with Gasteiger partial charge in [0.2, 0.25) is 11.8 Å². The van der Waals surface area contributed by atoms with E-state index in [1.807, 2.05) is 18.3 Å². The van der Waals surface area contributed by atoms with E-state index in [0.717, 1.165) is 34.4 Å². The molecule has 5 rings (SSSR count). The Hall–Kier alpha value is -2.89. The number of H-pyrrole nitrogens is 1. The maximum Gasteiger partial charge on any atom is 0.255 e. The Morgan fingerprint density at radius 2 is 1.93 bits per heavy atom. The van der Waals surface area contributed by atoms with E-state index >= 15 is 0 Å². The lowest BCUT2D eigenvalue weighted by Crippen LogP contribution is -2.26. The fraction of sp³-hybridized carbons (Fsp3) is 0.435. The van der Waals surface area contributed by atoms with Crippen LogP contribution in [0.3, 0.4) is 0 Å². The first-order chi connectivity index (χ1) is 14.2. The Balaban J connectivity index is 1.50. The molecule has 1 aromatic carbocycles. The van der Waals surface area contributed by atoms with Gasteiger partial charge in [0.25, 0.3) is 5.56 Å². The SMILES string of the molecule is O=C1CC[C@@H](CCOc2nccc3cc4c(=O)[nH]cc(C5CCCC5)c4cc23)N1. The Kier molecular flexibility index (Phi) is 4.70. The van der Waals surface area contributed by atoms with Crippen LogP contribution in [0.25, 0.3) is 21.5 Å². The Labute approximate surface area is 168 Å². The summed E-state index contributed by atoms with van der Waals surface area (Å²) < 4.78 is 6.01. The normalized spacial score (nSPS) is 19.9. The molecule has 2 aromatic heterocycles. The highest BCUT2D eigenvalue weighted by Crippen LogP contribution is 2.38. The average Bonchev–Trinajstić information content (AvgIpc) is 3.40. The Bertz CT molecular complexity index is 1130. The average molecular weight is 391 g/mol. The van der Waals surface area contributed by atoms with Gasteiger partial charge in [-0.2, -0.15) is 0 Å². The minimum absolute atomic E-state index is 0.0556. The first kappa shape index (κ1) is 18.2. The van der Waals surface area contributed by atoms with Gasteiger partial charge in [-0.15, -0.1) is 0 Å². The minimum atomic E-state index is -0.0556. The molecule has 3 aromatic rings. The standard InChI is InChI=1S/C23H25N3O3/c27-21-6-5-16(26-21)8-10-29-23-17-12-18-19(11-15(17)7-9-24-23)22(28)25-13-20(18)14-3-1-2-4-14/h7,9,11-14,16H,1-6,8,10H2,(H,25,28)(H,26,27)/t16-/m0/s1. The van der Waals surface area contributed by atoms with E-state index in [-0.39, 0.29) is 17.5 Å². The summed E-state index contributed by atoms with van der Waals surface area (Å²) in [5, 5.41) is 6.59. The monoisotopic (exact) mass is 391 g/mol. The van der Waals surface area contributed by atoms with Crippen LogP contribution in [-0.2, 0) is 4.79 Å². The van der Waals surface area contributed by atoms with Crippen LogP contribution < -0.4 is 15.6 Å². The number of aromatic nitrogens is 2. The van der Waals surface area contributed by atoms with Crippen LogP contribution in [0.2, 0.25) is 0 Å². The van der Waals surface area contributed by atoms with E-state index in [4.69, 9.17) is 4.74 Å². The van der Waals surface area contributed by atoms with Crippen LogP contribution in [0.4, 0.5) is 0 Å². The summed E-state index contributed by atoms with van der Waals surface area (Å²) in [6.45, 7) is 0.500. The number of hydrogen-bond donors (Lipinski definition) is 2. The van der Waals surface area contributed by atoms with E-state index < -0.39 is 0 Å². The van der Waals surface area contributed by atoms with Crippen molar-refractivity contribution in [3.8, 4) is 5.88 Å². The summed E-state index contributed by atoms with van der Waals surface area (Å²) in [4.78, 5) is 31.2. The molecule has 1 aliphatic carbocycles. The topological polar surface area (TPSA) is 84.1 Å². The molecule has 29 heavy (non-hydrogen) atoms. The molecule has 6 heteroatoms. The Morgan fingerprint density at radius 3 is 2.72 bits per heavy atom. The maximum absolute atomic E-state index is 12.5. The van der Waals surface area contributed by atoms with Gasteiger partial charge < -0.3 is 15.0 Å². The summed E-state index contributed by atoms with van der Waals surface area (Å²) in [5.74, 6) is 1.21. The van der Waals surface area contributed by atoms with Crippen LogP contribution in [0.15, 0.2) is 35.4 Å². The number of ether oxygens (including phenoxy) is 1. The van der Waals surface area contributed by atoms with E-state index in [0.29, 0.717) is 24.8 Å². The molecule has 1 amide bonds. The third-order valence-electron chi connectivity index (χ3n) is 6.37. The largest absolute Gasteiger partial charge is 0.477 e. The second kappa shape index (κ2) is 7.50. The van der Waals surface area contributed by atoms with Crippen LogP contribution in [0.1, 0.15) is 56.4 Å². The van der Waals surface area contributed by atoms with Crippen molar-refractivity contribution in [2.24, 2.45) is 0 Å². The first-order valence-electron chi connectivity index (χ1n) is 10.6. The summed E-state index contributed by atoms with van der Waals surface area (Å²) in [6.07, 6.45) is 10.7. The number of hydrogen-bond acceptors (Lipinski definition) is 4. The lowest BCUT2D eigenvalue weighted by Gasteiger charge is -2.15. The number of carbonyl (C=O) groups excluding carboxylic acids is 1. The number of nitrogens with one attached hydrogen (secondary N) is 2. The quantitative estimate of drug-likeness (QED) is 0.648. The molecule has 0 bridgehead atoms. The van der Waals surface area contributed by atoms with Gasteiger partial charge in [0, 0.05) is 42.0 Å². The van der Waals surface area contributed by atoms with E-state index in [1.54, 1.807) is 6.20 Å². The van der Waals surface area contributed by atoms with Gasteiger partial charge in [-0.25, -0.2) is 4.98 Å². The molecular formula is C23H25N3O3. The first-order valence-corrected chi connectivity index (χ1v) is 10.6. The molecule has 0 radical (unpaired) electrons. The predicted molar refractivity (Wildman–Crippen MR) is 112 cm³/mol. The number of aromatic amines is 1. The molecule has 6 nitrogen and oxygen atoms in total. The molecule has 3 heterocycles. The third-order valence-corrected chi connectivity index (χ3v) is 6.37. The number of pyridine rings is 2. The number of rotatable bonds is 5.